The largest absolute Gasteiger partial charge is 0.335 e. The Kier molecular flexibility index (Phi) is 5.47. The zero-order chi connectivity index (χ0) is 24.6. The van der Waals surface area contributed by atoms with E-state index in [2.05, 4.69) is 46.9 Å². The Balaban J connectivity index is 1.38. The van der Waals surface area contributed by atoms with Crippen molar-refractivity contribution in [2.45, 2.75) is 0 Å². The van der Waals surface area contributed by atoms with Gasteiger partial charge in [-0.25, -0.2) is 9.97 Å². The van der Waals surface area contributed by atoms with Crippen LogP contribution in [0.15, 0.2) is 59.8 Å². The Hall–Kier alpha value is -4.48. The number of thiophene rings is 1. The quantitative estimate of drug-likeness (QED) is 0.316. The number of rotatable bonds is 6. The van der Waals surface area contributed by atoms with Gasteiger partial charge in [0, 0.05) is 28.9 Å². The first-order valence-electron chi connectivity index (χ1n) is 11.2. The molecule has 0 aromatic carbocycles. The van der Waals surface area contributed by atoms with Gasteiger partial charge in [0.2, 0.25) is 5.91 Å². The summed E-state index contributed by atoms with van der Waals surface area (Å²) < 4.78 is 0. The minimum absolute atomic E-state index is 0.111. The number of imidazole rings is 1. The second-order valence-electron chi connectivity index (χ2n) is 8.59. The topological polar surface area (TPSA) is 128 Å². The molecule has 0 saturated carbocycles. The van der Waals surface area contributed by atoms with Crippen LogP contribution in [0.5, 0.6) is 0 Å². The second-order valence-corrected chi connectivity index (χ2v) is 9.37. The number of aromatic nitrogens is 7. The number of fused-ring (bicyclic) bond motifs is 2. The highest BCUT2D eigenvalue weighted by molar-refractivity contribution is 7.08. The molecule has 178 valence electrons. The third kappa shape index (κ3) is 4.10. The molecule has 3 N–H and O–H groups in total. The van der Waals surface area contributed by atoms with Crippen LogP contribution < -0.4 is 5.32 Å². The van der Waals surface area contributed by atoms with Crippen LogP contribution in [0.4, 0.5) is 5.69 Å². The van der Waals surface area contributed by atoms with Crippen LogP contribution in [0.2, 0.25) is 0 Å². The van der Waals surface area contributed by atoms with E-state index < -0.39 is 0 Å². The SMILES string of the molecule is CN(C)CC(=O)Nc1cncc(-c2cc3c(-c4nc5nccc(-c6ccsc6)c5[nH]4)n[nH]c3cn2)c1. The lowest BCUT2D eigenvalue weighted by Gasteiger charge is -2.10. The number of anilines is 1. The summed E-state index contributed by atoms with van der Waals surface area (Å²) in [5.74, 6) is 0.506. The highest BCUT2D eigenvalue weighted by Gasteiger charge is 2.17. The van der Waals surface area contributed by atoms with E-state index in [1.165, 1.54) is 0 Å². The van der Waals surface area contributed by atoms with Crippen molar-refractivity contribution in [2.24, 2.45) is 0 Å². The molecule has 0 fully saturated rings. The molecule has 11 heteroatoms. The van der Waals surface area contributed by atoms with Gasteiger partial charge in [-0.05, 0) is 54.7 Å². The molecule has 10 nitrogen and oxygen atoms in total. The zero-order valence-corrected chi connectivity index (χ0v) is 20.3. The fraction of sp³-hybridized carbons (Fsp3) is 0.120. The van der Waals surface area contributed by atoms with E-state index in [1.54, 1.807) is 41.0 Å². The third-order valence-corrected chi connectivity index (χ3v) is 6.36. The van der Waals surface area contributed by atoms with Crippen LogP contribution in [0.3, 0.4) is 0 Å². The Labute approximate surface area is 209 Å². The monoisotopic (exact) mass is 495 g/mol. The van der Waals surface area contributed by atoms with E-state index in [0.717, 1.165) is 33.1 Å². The Bertz CT molecular complexity index is 1700. The van der Waals surface area contributed by atoms with Gasteiger partial charge >= 0.3 is 0 Å². The number of carbonyl (C=O) groups is 1. The van der Waals surface area contributed by atoms with Gasteiger partial charge in [0.15, 0.2) is 11.5 Å². The third-order valence-electron chi connectivity index (χ3n) is 5.67. The second kappa shape index (κ2) is 8.95. The summed E-state index contributed by atoms with van der Waals surface area (Å²) in [6.45, 7) is 0.285. The Morgan fingerprint density at radius 3 is 2.86 bits per heavy atom. The van der Waals surface area contributed by atoms with Gasteiger partial charge in [-0.2, -0.15) is 16.4 Å². The number of likely N-dealkylation sites (N-methyl/N-ethyl adjacent to an activating group) is 1. The highest BCUT2D eigenvalue weighted by atomic mass is 32.1. The lowest BCUT2D eigenvalue weighted by Crippen LogP contribution is -2.27. The first-order chi connectivity index (χ1) is 17.5. The lowest BCUT2D eigenvalue weighted by atomic mass is 10.1. The van der Waals surface area contributed by atoms with Crippen LogP contribution >= 0.6 is 11.3 Å². The molecule has 0 atom stereocenters. The molecule has 6 aromatic heterocycles. The minimum Gasteiger partial charge on any atom is -0.335 e. The van der Waals surface area contributed by atoms with Gasteiger partial charge in [0.05, 0.1) is 41.4 Å². The highest BCUT2D eigenvalue weighted by Crippen LogP contribution is 2.32. The molecule has 0 spiro atoms. The molecule has 6 heterocycles. The van der Waals surface area contributed by atoms with Gasteiger partial charge in [0.1, 0.15) is 5.69 Å². The minimum atomic E-state index is -0.111. The molecular weight excluding hydrogens is 474 g/mol. The number of aromatic amines is 2. The maximum absolute atomic E-state index is 12.2. The van der Waals surface area contributed by atoms with E-state index in [0.29, 0.717) is 28.5 Å². The smallest absolute Gasteiger partial charge is 0.238 e. The number of hydrogen-bond donors (Lipinski definition) is 3. The van der Waals surface area contributed by atoms with Crippen molar-refractivity contribution >= 4 is 45.0 Å². The van der Waals surface area contributed by atoms with Crippen molar-refractivity contribution in [2.75, 3.05) is 26.0 Å². The first kappa shape index (κ1) is 22.0. The van der Waals surface area contributed by atoms with Crippen molar-refractivity contribution in [3.05, 3.63) is 59.8 Å². The maximum atomic E-state index is 12.2. The summed E-state index contributed by atoms with van der Waals surface area (Å²) in [6.07, 6.45) is 6.83. The Morgan fingerprint density at radius 1 is 1.11 bits per heavy atom. The zero-order valence-electron chi connectivity index (χ0n) is 19.5. The predicted octanol–water partition coefficient (Wildman–Crippen LogP) is 4.19. The summed E-state index contributed by atoms with van der Waals surface area (Å²) in [7, 11) is 3.69. The van der Waals surface area contributed by atoms with Crippen molar-refractivity contribution in [1.82, 2.24) is 40.0 Å². The van der Waals surface area contributed by atoms with E-state index in [1.807, 2.05) is 37.7 Å². The molecule has 0 bridgehead atoms. The molecule has 0 radical (unpaired) electrons. The number of H-pyrrole nitrogens is 2. The molecule has 36 heavy (non-hydrogen) atoms. The van der Waals surface area contributed by atoms with E-state index >= 15 is 0 Å². The fourth-order valence-electron chi connectivity index (χ4n) is 4.07. The van der Waals surface area contributed by atoms with Crippen LogP contribution in [-0.2, 0) is 4.79 Å². The van der Waals surface area contributed by atoms with E-state index in [9.17, 15) is 4.79 Å². The molecular formula is C25H21N9OS. The van der Waals surface area contributed by atoms with Crippen LogP contribution in [0.1, 0.15) is 0 Å². The molecule has 0 aliphatic carbocycles. The number of nitrogens with zero attached hydrogens (tertiary/aromatic N) is 6. The number of hydrogen-bond acceptors (Lipinski definition) is 8. The summed E-state index contributed by atoms with van der Waals surface area (Å²) in [5.41, 5.74) is 7.19. The van der Waals surface area contributed by atoms with E-state index in [-0.39, 0.29) is 12.5 Å². The maximum Gasteiger partial charge on any atom is 0.238 e. The van der Waals surface area contributed by atoms with Crippen molar-refractivity contribution in [1.29, 1.82) is 0 Å². The first-order valence-corrected chi connectivity index (χ1v) is 12.1. The normalized spacial score (nSPS) is 11.5. The summed E-state index contributed by atoms with van der Waals surface area (Å²) >= 11 is 1.65. The molecule has 0 aliphatic heterocycles. The van der Waals surface area contributed by atoms with Crippen LogP contribution in [0, 0.1) is 0 Å². The van der Waals surface area contributed by atoms with Crippen molar-refractivity contribution in [3.63, 3.8) is 0 Å². The van der Waals surface area contributed by atoms with E-state index in [4.69, 9.17) is 4.98 Å². The number of carbonyl (C=O) groups excluding carboxylic acids is 1. The van der Waals surface area contributed by atoms with Crippen LogP contribution in [-0.4, -0.2) is 66.6 Å². The average molecular weight is 496 g/mol. The summed E-state index contributed by atoms with van der Waals surface area (Å²) in [5, 5.41) is 15.4. The van der Waals surface area contributed by atoms with Gasteiger partial charge in [0.25, 0.3) is 0 Å². The molecule has 1 amide bonds. The van der Waals surface area contributed by atoms with Crippen molar-refractivity contribution in [3.8, 4) is 33.9 Å². The van der Waals surface area contributed by atoms with Gasteiger partial charge in [-0.1, -0.05) is 0 Å². The molecule has 0 unspecified atom stereocenters. The van der Waals surface area contributed by atoms with Gasteiger partial charge in [-0.3, -0.25) is 19.9 Å². The fourth-order valence-corrected chi connectivity index (χ4v) is 4.73. The molecule has 0 aliphatic rings. The number of pyridine rings is 3. The standard InChI is InChI=1S/C25H21N9OS/c1-34(2)12-21(35)29-16-7-15(9-26-10-16)19-8-18-20(11-28-19)32-33-23(18)25-30-22-17(14-4-6-36-13-14)3-5-27-24(22)31-25/h3-11,13H,12H2,1-2H3,(H,29,35)(H,32,33)(H,27,30,31). The van der Waals surface area contributed by atoms with Gasteiger partial charge < -0.3 is 15.2 Å². The van der Waals surface area contributed by atoms with Crippen LogP contribution in [0.25, 0.3) is 56.0 Å². The number of nitrogens with one attached hydrogen (secondary N) is 3. The number of amides is 1. The summed E-state index contributed by atoms with van der Waals surface area (Å²) in [6, 6.07) is 7.85. The van der Waals surface area contributed by atoms with Gasteiger partial charge in [-0.15, -0.1) is 0 Å². The Morgan fingerprint density at radius 2 is 2.03 bits per heavy atom. The average Bonchev–Trinajstić information content (AvgIpc) is 3.62. The summed E-state index contributed by atoms with van der Waals surface area (Å²) in [4.78, 5) is 35.4. The molecule has 6 aromatic rings. The van der Waals surface area contributed by atoms with Crippen molar-refractivity contribution < 1.29 is 4.79 Å². The predicted molar refractivity (Wildman–Crippen MR) is 140 cm³/mol. The molecule has 6 rings (SSSR count). The lowest BCUT2D eigenvalue weighted by molar-refractivity contribution is -0.116. The molecule has 0 saturated heterocycles.